The van der Waals surface area contributed by atoms with Crippen LogP contribution in [0.2, 0.25) is 0 Å². The van der Waals surface area contributed by atoms with Crippen LogP contribution in [0.5, 0.6) is 63.2 Å². The molecule has 1 aliphatic carbocycles. The Morgan fingerprint density at radius 1 is 0.611 bits per heavy atom. The SMILES string of the molecule is COc1cc(C[C@H]2c3cc(OC)c4c(c3CCN2C)OCO4)c(Oc2cc3c(cc2OC)-c2c(OC)c(OC)c(OC)c4c2[C@H](C3)N(C)CC4)cc1OC. The zero-order valence-corrected chi connectivity index (χ0v) is 32.5. The van der Waals surface area contributed by atoms with Crippen molar-refractivity contribution >= 4 is 0 Å². The maximum absolute atomic E-state index is 6.94. The average Bonchev–Trinajstić information content (AvgIpc) is 3.69. The predicted octanol–water partition coefficient (Wildman–Crippen LogP) is 6.79. The van der Waals surface area contributed by atoms with E-state index in [-0.39, 0.29) is 18.9 Å². The Morgan fingerprint density at radius 3 is 1.96 bits per heavy atom. The van der Waals surface area contributed by atoms with Crippen molar-refractivity contribution in [3.63, 3.8) is 0 Å². The second-order valence-corrected chi connectivity index (χ2v) is 14.1. The fourth-order valence-corrected chi connectivity index (χ4v) is 8.85. The summed E-state index contributed by atoms with van der Waals surface area (Å²) in [5, 5.41) is 0. The zero-order chi connectivity index (χ0) is 37.8. The standard InChI is InChI=1S/C42H48N2O10/c1-43-12-10-24-27(19-35(48-6)40-39(24)52-21-53-40)28(43)15-23-17-31(45-3)33(47-5)20-30(23)54-34-16-22-14-29-36-25(11-13-44(29)2)38(49-7)42(51-9)41(50-8)37(36)26(22)18-32(34)46-4/h16-20,28-29H,10-15,21H2,1-9H3/t28-,29-/m0/s1. The van der Waals surface area contributed by atoms with Gasteiger partial charge in [-0.3, -0.25) is 9.80 Å². The number of ether oxygens (including phenoxy) is 10. The molecule has 2 atom stereocenters. The molecule has 4 aromatic rings. The highest BCUT2D eigenvalue weighted by Crippen LogP contribution is 2.58. The van der Waals surface area contributed by atoms with Gasteiger partial charge in [0.1, 0.15) is 5.75 Å². The molecular formula is C42H48N2O10. The van der Waals surface area contributed by atoms with Gasteiger partial charge in [-0.2, -0.15) is 0 Å². The van der Waals surface area contributed by atoms with Crippen molar-refractivity contribution in [3.8, 4) is 74.4 Å². The van der Waals surface area contributed by atoms with Gasteiger partial charge in [0, 0.05) is 53.5 Å². The van der Waals surface area contributed by atoms with Gasteiger partial charge in [-0.15, -0.1) is 0 Å². The number of hydrogen-bond donors (Lipinski definition) is 0. The summed E-state index contributed by atoms with van der Waals surface area (Å²) >= 11 is 0. The van der Waals surface area contributed by atoms with E-state index in [2.05, 4.69) is 42.1 Å². The van der Waals surface area contributed by atoms with E-state index < -0.39 is 0 Å². The Balaban J connectivity index is 1.25. The summed E-state index contributed by atoms with van der Waals surface area (Å²) in [5.41, 5.74) is 8.70. The molecule has 8 rings (SSSR count). The highest BCUT2D eigenvalue weighted by atomic mass is 16.7. The van der Waals surface area contributed by atoms with Gasteiger partial charge in [0.05, 0.1) is 49.8 Å². The third kappa shape index (κ3) is 5.57. The Morgan fingerprint density at radius 2 is 1.26 bits per heavy atom. The molecule has 12 nitrogen and oxygen atoms in total. The van der Waals surface area contributed by atoms with E-state index in [1.54, 1.807) is 49.8 Å². The van der Waals surface area contributed by atoms with Crippen LogP contribution in [0.4, 0.5) is 0 Å². The Bertz CT molecular complexity index is 2120. The van der Waals surface area contributed by atoms with Gasteiger partial charge in [-0.25, -0.2) is 0 Å². The topological polar surface area (TPSA) is 98.8 Å². The first-order valence-electron chi connectivity index (χ1n) is 18.2. The molecule has 0 aromatic heterocycles. The lowest BCUT2D eigenvalue weighted by atomic mass is 9.76. The monoisotopic (exact) mass is 740 g/mol. The van der Waals surface area contributed by atoms with E-state index in [0.29, 0.717) is 58.2 Å². The number of fused-ring (bicyclic) bond motifs is 5. The summed E-state index contributed by atoms with van der Waals surface area (Å²) in [6.07, 6.45) is 3.05. The third-order valence-electron chi connectivity index (χ3n) is 11.5. The molecule has 0 spiro atoms. The highest BCUT2D eigenvalue weighted by Gasteiger charge is 2.40. The van der Waals surface area contributed by atoms with Crippen molar-refractivity contribution in [2.24, 2.45) is 0 Å². The van der Waals surface area contributed by atoms with Gasteiger partial charge in [0.2, 0.25) is 18.3 Å². The van der Waals surface area contributed by atoms with Crippen LogP contribution in [0, 0.1) is 0 Å². The fraction of sp³-hybridized carbons (Fsp3) is 0.429. The van der Waals surface area contributed by atoms with E-state index in [0.717, 1.165) is 82.8 Å². The summed E-state index contributed by atoms with van der Waals surface area (Å²) in [4.78, 5) is 4.75. The van der Waals surface area contributed by atoms with Crippen LogP contribution >= 0.6 is 0 Å². The summed E-state index contributed by atoms with van der Waals surface area (Å²) in [5.74, 6) is 7.06. The van der Waals surface area contributed by atoms with Crippen LogP contribution in [-0.2, 0) is 25.7 Å². The van der Waals surface area contributed by atoms with Gasteiger partial charge in [0.15, 0.2) is 46.0 Å². The van der Waals surface area contributed by atoms with Gasteiger partial charge in [-0.05, 0) is 86.3 Å². The van der Waals surface area contributed by atoms with Crippen molar-refractivity contribution in [1.82, 2.24) is 9.80 Å². The summed E-state index contributed by atoms with van der Waals surface area (Å²) in [6.45, 7) is 1.91. The van der Waals surface area contributed by atoms with Gasteiger partial charge >= 0.3 is 0 Å². The van der Waals surface area contributed by atoms with Crippen molar-refractivity contribution in [1.29, 1.82) is 0 Å². The Labute approximate surface area is 316 Å². The first kappa shape index (κ1) is 35.8. The van der Waals surface area contributed by atoms with Crippen LogP contribution in [-0.4, -0.2) is 93.5 Å². The van der Waals surface area contributed by atoms with E-state index in [9.17, 15) is 0 Å². The van der Waals surface area contributed by atoms with Crippen LogP contribution in [0.25, 0.3) is 11.1 Å². The summed E-state index contributed by atoms with van der Waals surface area (Å²) in [6, 6.07) is 10.2. The number of likely N-dealkylation sites (N-methyl/N-ethyl adjacent to an activating group) is 2. The molecule has 12 heteroatoms. The van der Waals surface area contributed by atoms with E-state index in [4.69, 9.17) is 47.4 Å². The van der Waals surface area contributed by atoms with Crippen molar-refractivity contribution in [2.75, 3.05) is 83.7 Å². The van der Waals surface area contributed by atoms with Crippen LogP contribution in [0.1, 0.15) is 45.5 Å². The van der Waals surface area contributed by atoms with Crippen LogP contribution in [0.15, 0.2) is 30.3 Å². The molecule has 0 radical (unpaired) electrons. The molecule has 0 amide bonds. The van der Waals surface area contributed by atoms with Crippen LogP contribution < -0.4 is 47.4 Å². The Kier molecular flexibility index (Phi) is 9.43. The van der Waals surface area contributed by atoms with Crippen molar-refractivity contribution in [2.45, 2.75) is 37.8 Å². The zero-order valence-electron chi connectivity index (χ0n) is 32.5. The molecule has 0 saturated carbocycles. The normalized spacial score (nSPS) is 18.2. The van der Waals surface area contributed by atoms with Gasteiger partial charge in [-0.1, -0.05) is 0 Å². The maximum atomic E-state index is 6.94. The molecule has 54 heavy (non-hydrogen) atoms. The summed E-state index contributed by atoms with van der Waals surface area (Å²) < 4.78 is 60.2. The van der Waals surface area contributed by atoms with Crippen molar-refractivity contribution < 1.29 is 47.4 Å². The first-order valence-corrected chi connectivity index (χ1v) is 18.2. The second-order valence-electron chi connectivity index (χ2n) is 14.1. The lowest BCUT2D eigenvalue weighted by Gasteiger charge is -2.41. The molecule has 0 saturated heterocycles. The first-order chi connectivity index (χ1) is 26.3. The smallest absolute Gasteiger partial charge is 0.231 e. The fourth-order valence-electron chi connectivity index (χ4n) is 8.85. The lowest BCUT2D eigenvalue weighted by molar-refractivity contribution is 0.169. The quantitative estimate of drug-likeness (QED) is 0.162. The second kappa shape index (κ2) is 14.2. The van der Waals surface area contributed by atoms with E-state index >= 15 is 0 Å². The maximum Gasteiger partial charge on any atom is 0.231 e. The number of rotatable bonds is 11. The van der Waals surface area contributed by atoms with Crippen molar-refractivity contribution in [3.05, 3.63) is 63.7 Å². The molecule has 3 heterocycles. The predicted molar refractivity (Wildman–Crippen MR) is 202 cm³/mol. The Hall–Kier alpha value is -5.20. The molecular weight excluding hydrogens is 692 g/mol. The number of methoxy groups -OCH3 is 7. The number of benzene rings is 4. The highest BCUT2D eigenvalue weighted by molar-refractivity contribution is 5.87. The number of nitrogens with zero attached hydrogens (tertiary/aromatic N) is 2. The van der Waals surface area contributed by atoms with E-state index in [1.165, 1.54) is 5.56 Å². The molecule has 0 N–H and O–H groups in total. The molecule has 0 bridgehead atoms. The lowest BCUT2D eigenvalue weighted by Crippen LogP contribution is -2.36. The molecule has 4 aliphatic rings. The van der Waals surface area contributed by atoms with Gasteiger partial charge < -0.3 is 47.4 Å². The van der Waals surface area contributed by atoms with E-state index in [1.807, 2.05) is 12.1 Å². The minimum atomic E-state index is -0.0185. The minimum absolute atomic E-state index is 0.0185. The van der Waals surface area contributed by atoms with Crippen LogP contribution in [0.3, 0.4) is 0 Å². The molecule has 0 fully saturated rings. The van der Waals surface area contributed by atoms with Gasteiger partial charge in [0.25, 0.3) is 0 Å². The summed E-state index contributed by atoms with van der Waals surface area (Å²) in [7, 11) is 15.9. The largest absolute Gasteiger partial charge is 0.493 e. The third-order valence-corrected chi connectivity index (χ3v) is 11.5. The molecule has 0 unspecified atom stereocenters. The molecule has 286 valence electrons. The molecule has 3 aliphatic heterocycles. The molecule has 4 aromatic carbocycles. The minimum Gasteiger partial charge on any atom is -0.493 e. The number of hydrogen-bond acceptors (Lipinski definition) is 12. The average molecular weight is 741 g/mol.